The van der Waals surface area contributed by atoms with Gasteiger partial charge in [-0.3, -0.25) is 9.59 Å². The summed E-state index contributed by atoms with van der Waals surface area (Å²) in [4.78, 5) is 23.7. The molecular formula is C17H18ClN3O3. The lowest BCUT2D eigenvalue weighted by Crippen LogP contribution is -2.22. The Morgan fingerprint density at radius 1 is 1.12 bits per heavy atom. The van der Waals surface area contributed by atoms with Crippen LogP contribution in [0.15, 0.2) is 42.5 Å². The normalized spacial score (nSPS) is 9.96. The Bertz CT molecular complexity index is 750. The fourth-order valence-corrected chi connectivity index (χ4v) is 2.25. The lowest BCUT2D eigenvalue weighted by molar-refractivity contribution is -0.114. The average Bonchev–Trinajstić information content (AvgIpc) is 2.60. The zero-order chi connectivity index (χ0) is 17.5. The van der Waals surface area contributed by atoms with Gasteiger partial charge < -0.3 is 20.7 Å². The SMILES string of the molecule is CNC(=O)c1ccc(Cl)c(NCC(=O)Nc2ccccc2OC)c1. The number of benzene rings is 2. The highest BCUT2D eigenvalue weighted by Gasteiger charge is 2.10. The molecule has 0 saturated carbocycles. The number of carbonyl (C=O) groups excluding carboxylic acids is 2. The molecule has 0 aromatic heterocycles. The molecule has 0 saturated heterocycles. The van der Waals surface area contributed by atoms with Crippen molar-refractivity contribution in [2.24, 2.45) is 0 Å². The number of methoxy groups -OCH3 is 1. The third-order valence-electron chi connectivity index (χ3n) is 3.28. The number of para-hydroxylation sites is 2. The standard InChI is InChI=1S/C17H18ClN3O3/c1-19-17(23)11-7-8-12(18)14(9-11)20-10-16(22)21-13-5-3-4-6-15(13)24-2/h3-9,20H,10H2,1-2H3,(H,19,23)(H,21,22). The van der Waals surface area contributed by atoms with Gasteiger partial charge in [-0.1, -0.05) is 23.7 Å². The van der Waals surface area contributed by atoms with Crippen molar-refractivity contribution in [3.8, 4) is 5.75 Å². The van der Waals surface area contributed by atoms with Crippen molar-refractivity contribution in [1.82, 2.24) is 5.32 Å². The Labute approximate surface area is 145 Å². The summed E-state index contributed by atoms with van der Waals surface area (Å²) in [5.41, 5.74) is 1.54. The van der Waals surface area contributed by atoms with Crippen LogP contribution in [0.5, 0.6) is 5.75 Å². The van der Waals surface area contributed by atoms with Crippen LogP contribution in [0, 0.1) is 0 Å². The molecule has 7 heteroatoms. The zero-order valence-corrected chi connectivity index (χ0v) is 14.1. The van der Waals surface area contributed by atoms with Gasteiger partial charge in [-0.15, -0.1) is 0 Å². The van der Waals surface area contributed by atoms with Gasteiger partial charge in [0.25, 0.3) is 5.91 Å². The van der Waals surface area contributed by atoms with Crippen LogP contribution >= 0.6 is 11.6 Å². The monoisotopic (exact) mass is 347 g/mol. The molecule has 0 aliphatic heterocycles. The van der Waals surface area contributed by atoms with Gasteiger partial charge in [0.1, 0.15) is 5.75 Å². The number of nitrogens with one attached hydrogen (secondary N) is 3. The first-order chi connectivity index (χ1) is 11.5. The van der Waals surface area contributed by atoms with Crippen molar-refractivity contribution < 1.29 is 14.3 Å². The molecule has 3 N–H and O–H groups in total. The van der Waals surface area contributed by atoms with E-state index in [0.29, 0.717) is 27.7 Å². The van der Waals surface area contributed by atoms with Crippen LogP contribution in [0.3, 0.4) is 0 Å². The maximum absolute atomic E-state index is 12.1. The molecule has 0 spiro atoms. The highest BCUT2D eigenvalue weighted by atomic mass is 35.5. The van der Waals surface area contributed by atoms with E-state index >= 15 is 0 Å². The van der Waals surface area contributed by atoms with E-state index in [1.807, 2.05) is 6.07 Å². The summed E-state index contributed by atoms with van der Waals surface area (Å²) in [6.07, 6.45) is 0. The lowest BCUT2D eigenvalue weighted by Gasteiger charge is -2.12. The first kappa shape index (κ1) is 17.6. The number of carbonyl (C=O) groups is 2. The molecular weight excluding hydrogens is 330 g/mol. The van der Waals surface area contributed by atoms with Crippen molar-refractivity contribution >= 4 is 34.8 Å². The first-order valence-electron chi connectivity index (χ1n) is 7.23. The zero-order valence-electron chi connectivity index (χ0n) is 13.4. The van der Waals surface area contributed by atoms with Gasteiger partial charge in [0, 0.05) is 12.6 Å². The Morgan fingerprint density at radius 2 is 1.88 bits per heavy atom. The number of ether oxygens (including phenoxy) is 1. The molecule has 0 bridgehead atoms. The van der Waals surface area contributed by atoms with Crippen LogP contribution < -0.4 is 20.7 Å². The van der Waals surface area contributed by atoms with Crippen LogP contribution in [0.2, 0.25) is 5.02 Å². The molecule has 0 radical (unpaired) electrons. The number of amides is 2. The predicted octanol–water partition coefficient (Wildman–Crippen LogP) is 2.76. The van der Waals surface area contributed by atoms with Crippen molar-refractivity contribution in [2.75, 3.05) is 31.3 Å². The lowest BCUT2D eigenvalue weighted by atomic mass is 10.2. The minimum absolute atomic E-state index is 0.00499. The van der Waals surface area contributed by atoms with E-state index in [2.05, 4.69) is 16.0 Å². The molecule has 2 aromatic carbocycles. The van der Waals surface area contributed by atoms with Crippen molar-refractivity contribution in [1.29, 1.82) is 0 Å². The van der Waals surface area contributed by atoms with Gasteiger partial charge in [0.05, 0.1) is 30.1 Å². The predicted molar refractivity (Wildman–Crippen MR) is 95.0 cm³/mol. The quantitative estimate of drug-likeness (QED) is 0.750. The van der Waals surface area contributed by atoms with E-state index in [0.717, 1.165) is 0 Å². The highest BCUT2D eigenvalue weighted by Crippen LogP contribution is 2.24. The Morgan fingerprint density at radius 3 is 2.58 bits per heavy atom. The van der Waals surface area contributed by atoms with E-state index in [-0.39, 0.29) is 18.4 Å². The third kappa shape index (κ3) is 4.39. The van der Waals surface area contributed by atoms with Gasteiger partial charge >= 0.3 is 0 Å². The number of halogens is 1. The molecule has 126 valence electrons. The fourth-order valence-electron chi connectivity index (χ4n) is 2.06. The summed E-state index contributed by atoms with van der Waals surface area (Å²) >= 11 is 6.09. The molecule has 6 nitrogen and oxygen atoms in total. The minimum Gasteiger partial charge on any atom is -0.495 e. The van der Waals surface area contributed by atoms with Gasteiger partial charge in [0.2, 0.25) is 5.91 Å². The smallest absolute Gasteiger partial charge is 0.251 e. The Balaban J connectivity index is 2.02. The molecule has 2 aromatic rings. The van der Waals surface area contributed by atoms with E-state index in [1.165, 1.54) is 7.11 Å². The molecule has 0 unspecified atom stereocenters. The second-order valence-electron chi connectivity index (χ2n) is 4.88. The van der Waals surface area contributed by atoms with Crippen LogP contribution in [0.4, 0.5) is 11.4 Å². The van der Waals surface area contributed by atoms with E-state index in [1.54, 1.807) is 43.4 Å². The second kappa shape index (κ2) is 8.21. The highest BCUT2D eigenvalue weighted by molar-refractivity contribution is 6.33. The van der Waals surface area contributed by atoms with E-state index in [9.17, 15) is 9.59 Å². The van der Waals surface area contributed by atoms with Crippen molar-refractivity contribution in [3.05, 3.63) is 53.1 Å². The summed E-state index contributed by atoms with van der Waals surface area (Å²) in [6.45, 7) is -0.00499. The van der Waals surface area contributed by atoms with Crippen LogP contribution in [-0.2, 0) is 4.79 Å². The van der Waals surface area contributed by atoms with E-state index in [4.69, 9.17) is 16.3 Å². The van der Waals surface area contributed by atoms with Crippen molar-refractivity contribution in [2.45, 2.75) is 0 Å². The summed E-state index contributed by atoms with van der Waals surface area (Å²) in [5, 5.41) is 8.63. The summed E-state index contributed by atoms with van der Waals surface area (Å²) in [7, 11) is 3.08. The number of hydrogen-bond donors (Lipinski definition) is 3. The molecule has 0 aliphatic carbocycles. The number of anilines is 2. The van der Waals surface area contributed by atoms with E-state index < -0.39 is 0 Å². The number of rotatable bonds is 6. The molecule has 0 heterocycles. The van der Waals surface area contributed by atoms with Crippen LogP contribution in [0.25, 0.3) is 0 Å². The number of hydrogen-bond acceptors (Lipinski definition) is 4. The van der Waals surface area contributed by atoms with Crippen LogP contribution in [0.1, 0.15) is 10.4 Å². The molecule has 0 fully saturated rings. The average molecular weight is 348 g/mol. The molecule has 24 heavy (non-hydrogen) atoms. The molecule has 2 rings (SSSR count). The second-order valence-corrected chi connectivity index (χ2v) is 5.28. The van der Waals surface area contributed by atoms with Crippen LogP contribution in [-0.4, -0.2) is 32.5 Å². The maximum Gasteiger partial charge on any atom is 0.251 e. The topological polar surface area (TPSA) is 79.5 Å². The minimum atomic E-state index is -0.263. The molecule has 0 aliphatic rings. The van der Waals surface area contributed by atoms with Gasteiger partial charge in [-0.25, -0.2) is 0 Å². The fraction of sp³-hybridized carbons (Fsp3) is 0.176. The molecule has 0 atom stereocenters. The third-order valence-corrected chi connectivity index (χ3v) is 3.61. The first-order valence-corrected chi connectivity index (χ1v) is 7.61. The van der Waals surface area contributed by atoms with Crippen molar-refractivity contribution in [3.63, 3.8) is 0 Å². The van der Waals surface area contributed by atoms with Gasteiger partial charge in [-0.05, 0) is 30.3 Å². The van der Waals surface area contributed by atoms with Gasteiger partial charge in [-0.2, -0.15) is 0 Å². The maximum atomic E-state index is 12.1. The summed E-state index contributed by atoms with van der Waals surface area (Å²) in [5.74, 6) is 0.0830. The van der Waals surface area contributed by atoms with Gasteiger partial charge in [0.15, 0.2) is 0 Å². The molecule has 2 amide bonds. The summed E-state index contributed by atoms with van der Waals surface area (Å²) < 4.78 is 5.18. The Kier molecular flexibility index (Phi) is 6.03. The Hall–Kier alpha value is -2.73. The largest absolute Gasteiger partial charge is 0.495 e. The summed E-state index contributed by atoms with van der Waals surface area (Å²) in [6, 6.07) is 11.9.